The van der Waals surface area contributed by atoms with Gasteiger partial charge in [-0.25, -0.2) is 9.59 Å². The summed E-state index contributed by atoms with van der Waals surface area (Å²) in [5, 5.41) is 16.8. The number of alkyl carbamates (subject to hydrolysis) is 1. The Labute approximate surface area is 295 Å². The summed E-state index contributed by atoms with van der Waals surface area (Å²) in [5.41, 5.74) is -3.31. The molecule has 2 atom stereocenters. The van der Waals surface area contributed by atoms with Gasteiger partial charge in [0.2, 0.25) is 17.7 Å². The number of rotatable bonds is 7. The maximum atomic E-state index is 14.1. The van der Waals surface area contributed by atoms with Gasteiger partial charge in [0.15, 0.2) is 0 Å². The van der Waals surface area contributed by atoms with Crippen LogP contribution in [0.1, 0.15) is 83.0 Å². The maximum absolute atomic E-state index is 14.1. The number of amides is 2. The number of benzene rings is 2. The van der Waals surface area contributed by atoms with Crippen LogP contribution in [0.4, 0.5) is 35.9 Å². The summed E-state index contributed by atoms with van der Waals surface area (Å²) < 4.78 is 102. The highest BCUT2D eigenvalue weighted by Gasteiger charge is 2.40. The SMILES string of the molecule is CC(C)(C)OC(=O)N=C(NC(=O)OC(C)(C)C)N1C[C@H](O)C[C@H]1c1nc(-c2ccc(OCCCc3ccc(C(F)(F)F)cc3)c(C(F)(F)F)c2)no1. The van der Waals surface area contributed by atoms with Gasteiger partial charge in [0.05, 0.1) is 23.8 Å². The molecular formula is C34H39F6N5O7. The van der Waals surface area contributed by atoms with E-state index in [2.05, 4.69) is 20.4 Å². The molecule has 0 bridgehead atoms. The fraction of sp³-hybridized carbons (Fsp3) is 0.500. The molecule has 1 saturated heterocycles. The van der Waals surface area contributed by atoms with E-state index >= 15 is 0 Å². The molecule has 2 heterocycles. The summed E-state index contributed by atoms with van der Waals surface area (Å²) in [4.78, 5) is 34.8. The summed E-state index contributed by atoms with van der Waals surface area (Å²) in [6.45, 7) is 9.38. The van der Waals surface area contributed by atoms with Crippen LogP contribution in [-0.4, -0.2) is 68.8 Å². The van der Waals surface area contributed by atoms with Crippen LogP contribution < -0.4 is 10.1 Å². The first-order chi connectivity index (χ1) is 24.0. The Bertz CT molecular complexity index is 1750. The first kappa shape index (κ1) is 39.9. The van der Waals surface area contributed by atoms with Crippen molar-refractivity contribution in [1.29, 1.82) is 0 Å². The number of halogens is 6. The Morgan fingerprint density at radius 2 is 1.62 bits per heavy atom. The number of ether oxygens (including phenoxy) is 3. The number of likely N-dealkylation sites (tertiary alicyclic amines) is 1. The smallest absolute Gasteiger partial charge is 0.437 e. The summed E-state index contributed by atoms with van der Waals surface area (Å²) in [5.74, 6) is -1.23. The molecule has 1 aliphatic heterocycles. The van der Waals surface area contributed by atoms with E-state index in [0.717, 1.165) is 24.3 Å². The van der Waals surface area contributed by atoms with Crippen LogP contribution in [0.15, 0.2) is 52.0 Å². The number of β-amino-alcohol motifs (C(OH)–C–C–N with tert-alkyl or cyclic N) is 1. The highest BCUT2D eigenvalue weighted by Crippen LogP contribution is 2.39. The number of guanidine groups is 1. The van der Waals surface area contributed by atoms with Crippen LogP contribution in [0.5, 0.6) is 5.75 Å². The van der Waals surface area contributed by atoms with Gasteiger partial charge in [0, 0.05) is 18.5 Å². The van der Waals surface area contributed by atoms with E-state index < -0.39 is 64.8 Å². The van der Waals surface area contributed by atoms with Crippen LogP contribution in [0.3, 0.4) is 0 Å². The second kappa shape index (κ2) is 15.4. The van der Waals surface area contributed by atoms with Crippen molar-refractivity contribution < 1.29 is 59.8 Å². The number of nitrogens with zero attached hydrogens (tertiary/aromatic N) is 4. The predicted molar refractivity (Wildman–Crippen MR) is 173 cm³/mol. The Balaban J connectivity index is 1.53. The van der Waals surface area contributed by atoms with E-state index in [1.54, 1.807) is 41.5 Å². The fourth-order valence-electron chi connectivity index (χ4n) is 5.04. The molecule has 0 radical (unpaired) electrons. The molecule has 0 spiro atoms. The van der Waals surface area contributed by atoms with Gasteiger partial charge < -0.3 is 28.7 Å². The van der Waals surface area contributed by atoms with E-state index in [-0.39, 0.29) is 55.7 Å². The number of aliphatic imine (C=N–C) groups is 1. The van der Waals surface area contributed by atoms with Crippen LogP contribution >= 0.6 is 0 Å². The number of aliphatic hydroxyl groups is 1. The first-order valence-corrected chi connectivity index (χ1v) is 16.1. The highest BCUT2D eigenvalue weighted by molar-refractivity contribution is 5.99. The summed E-state index contributed by atoms with van der Waals surface area (Å²) >= 11 is 0. The van der Waals surface area contributed by atoms with Crippen LogP contribution in [0, 0.1) is 0 Å². The third-order valence-corrected chi connectivity index (χ3v) is 7.17. The van der Waals surface area contributed by atoms with Crippen LogP contribution in [0.2, 0.25) is 0 Å². The molecule has 12 nitrogen and oxygen atoms in total. The minimum absolute atomic E-state index is 0.0436. The number of aryl methyl sites for hydroxylation is 1. The number of aromatic nitrogens is 2. The van der Waals surface area contributed by atoms with Crippen molar-refractivity contribution in [3.8, 4) is 17.1 Å². The molecule has 3 aromatic rings. The van der Waals surface area contributed by atoms with E-state index in [9.17, 15) is 41.0 Å². The predicted octanol–water partition coefficient (Wildman–Crippen LogP) is 7.71. The number of alkyl halides is 6. The first-order valence-electron chi connectivity index (χ1n) is 16.1. The molecule has 1 aromatic heterocycles. The van der Waals surface area contributed by atoms with Gasteiger partial charge in [-0.3, -0.25) is 5.32 Å². The third kappa shape index (κ3) is 11.3. The number of carbonyl (C=O) groups excluding carboxylic acids is 2. The highest BCUT2D eigenvalue weighted by atomic mass is 19.4. The second-order valence-electron chi connectivity index (χ2n) is 13.9. The average Bonchev–Trinajstić information content (AvgIpc) is 3.63. The van der Waals surface area contributed by atoms with E-state index in [1.165, 1.54) is 23.1 Å². The Morgan fingerprint density at radius 3 is 2.21 bits per heavy atom. The lowest BCUT2D eigenvalue weighted by Gasteiger charge is -2.27. The lowest BCUT2D eigenvalue weighted by atomic mass is 10.1. The van der Waals surface area contributed by atoms with Gasteiger partial charge in [-0.05, 0) is 90.3 Å². The number of carbonyl (C=O) groups is 2. The van der Waals surface area contributed by atoms with Gasteiger partial charge >= 0.3 is 24.5 Å². The van der Waals surface area contributed by atoms with Crippen LogP contribution in [0.25, 0.3) is 11.4 Å². The zero-order valence-electron chi connectivity index (χ0n) is 29.2. The monoisotopic (exact) mass is 743 g/mol. The van der Waals surface area contributed by atoms with Crippen LogP contribution in [-0.2, 0) is 28.2 Å². The van der Waals surface area contributed by atoms with Crippen molar-refractivity contribution >= 4 is 18.1 Å². The van der Waals surface area contributed by atoms with E-state index in [4.69, 9.17) is 18.7 Å². The molecule has 4 rings (SSSR count). The zero-order valence-corrected chi connectivity index (χ0v) is 29.2. The van der Waals surface area contributed by atoms with Crippen molar-refractivity contribution in [2.75, 3.05) is 13.2 Å². The number of hydrogen-bond acceptors (Lipinski definition) is 9. The lowest BCUT2D eigenvalue weighted by molar-refractivity contribution is -0.139. The summed E-state index contributed by atoms with van der Waals surface area (Å²) in [6.07, 6.45) is -11.9. The molecule has 2 aromatic carbocycles. The van der Waals surface area contributed by atoms with Gasteiger partial charge in [-0.15, -0.1) is 4.99 Å². The van der Waals surface area contributed by atoms with Gasteiger partial charge in [0.1, 0.15) is 23.0 Å². The van der Waals surface area contributed by atoms with Crippen molar-refractivity contribution in [1.82, 2.24) is 20.4 Å². The fourth-order valence-corrected chi connectivity index (χ4v) is 5.04. The molecule has 2 amide bonds. The third-order valence-electron chi connectivity index (χ3n) is 7.17. The van der Waals surface area contributed by atoms with Crippen molar-refractivity contribution in [3.05, 3.63) is 65.0 Å². The minimum Gasteiger partial charge on any atom is -0.493 e. The molecule has 0 unspecified atom stereocenters. The molecule has 1 fully saturated rings. The quantitative estimate of drug-likeness (QED) is 0.107. The molecule has 18 heteroatoms. The average molecular weight is 744 g/mol. The Morgan fingerprint density at radius 1 is 0.962 bits per heavy atom. The minimum atomic E-state index is -4.85. The van der Waals surface area contributed by atoms with E-state index in [1.807, 2.05) is 0 Å². The normalized spacial score (nSPS) is 17.2. The maximum Gasteiger partial charge on any atom is 0.437 e. The molecule has 284 valence electrons. The van der Waals surface area contributed by atoms with Crippen molar-refractivity contribution in [2.45, 2.75) is 96.5 Å². The molecule has 2 N–H and O–H groups in total. The van der Waals surface area contributed by atoms with E-state index in [0.29, 0.717) is 5.56 Å². The topological polar surface area (TPSA) is 149 Å². The largest absolute Gasteiger partial charge is 0.493 e. The second-order valence-corrected chi connectivity index (χ2v) is 13.9. The number of aliphatic hydroxyl groups excluding tert-OH is 1. The number of hydrogen-bond donors (Lipinski definition) is 2. The lowest BCUT2D eigenvalue weighted by Crippen LogP contribution is -2.46. The molecule has 52 heavy (non-hydrogen) atoms. The van der Waals surface area contributed by atoms with Gasteiger partial charge in [-0.1, -0.05) is 17.3 Å². The van der Waals surface area contributed by atoms with Gasteiger partial charge in [-0.2, -0.15) is 31.3 Å². The summed E-state index contributed by atoms with van der Waals surface area (Å²) in [7, 11) is 0. The molecule has 1 aliphatic rings. The molecule has 0 aliphatic carbocycles. The Hall–Kier alpha value is -4.87. The number of nitrogens with one attached hydrogen (secondary N) is 1. The Kier molecular flexibility index (Phi) is 11.8. The standard InChI is InChI=1S/C34H39F6N5O7/c1-31(2,3)50-29(47)42-28(43-30(48)51-32(4,5)6)45-18-22(46)17-24(45)27-41-26(44-52-27)20-11-14-25(23(16-20)34(38,39)40)49-15-7-8-19-9-12-21(13-10-19)33(35,36)37/h9-14,16,22,24,46H,7-8,15,17-18H2,1-6H3,(H,42,43,47,48)/t22-,24+/m1/s1. The van der Waals surface area contributed by atoms with Crippen molar-refractivity contribution in [2.24, 2.45) is 4.99 Å². The van der Waals surface area contributed by atoms with Crippen molar-refractivity contribution in [3.63, 3.8) is 0 Å². The molecular weight excluding hydrogens is 704 g/mol. The zero-order chi connectivity index (χ0) is 38.6. The van der Waals surface area contributed by atoms with Gasteiger partial charge in [0.25, 0.3) is 0 Å². The summed E-state index contributed by atoms with van der Waals surface area (Å²) in [6, 6.07) is 6.64. The molecule has 0 saturated carbocycles.